The second-order valence-electron chi connectivity index (χ2n) is 12.4. The maximum absolute atomic E-state index is 10.1. The Labute approximate surface area is 248 Å². The lowest BCUT2D eigenvalue weighted by molar-refractivity contribution is 0.227. The summed E-state index contributed by atoms with van der Waals surface area (Å²) in [6.07, 6.45) is 7.91. The predicted octanol–water partition coefficient (Wildman–Crippen LogP) is 4.44. The summed E-state index contributed by atoms with van der Waals surface area (Å²) in [5.74, 6) is 2.81. The first-order valence-corrected chi connectivity index (χ1v) is 15.9. The molecule has 218 valence electrons. The summed E-state index contributed by atoms with van der Waals surface area (Å²) in [5, 5.41) is 21.2. The molecule has 2 aliphatic heterocycles. The van der Waals surface area contributed by atoms with Crippen LogP contribution in [0.1, 0.15) is 78.8 Å². The monoisotopic (exact) mass is 585 g/mol. The Morgan fingerprint density at radius 3 is 2.76 bits per heavy atom. The third-order valence-corrected chi connectivity index (χ3v) is 11.2. The molecule has 1 fully saturated rings. The van der Waals surface area contributed by atoms with Crippen molar-refractivity contribution < 1.29 is 9.26 Å². The van der Waals surface area contributed by atoms with Crippen molar-refractivity contribution >= 4 is 33.2 Å². The van der Waals surface area contributed by atoms with E-state index in [2.05, 4.69) is 35.0 Å². The second kappa shape index (κ2) is 9.41. The number of hydrogen-bond acceptors (Lipinski definition) is 11. The molecule has 6 heterocycles. The first-order valence-electron chi connectivity index (χ1n) is 15.1. The number of nitriles is 1. The largest absolute Gasteiger partial charge is 0.474 e. The summed E-state index contributed by atoms with van der Waals surface area (Å²) in [5.41, 5.74) is 10.2. The molecule has 4 aromatic rings. The zero-order valence-electron chi connectivity index (χ0n) is 24.3. The fourth-order valence-corrected chi connectivity index (χ4v) is 9.23. The van der Waals surface area contributed by atoms with E-state index in [0.29, 0.717) is 47.2 Å². The van der Waals surface area contributed by atoms with Crippen LogP contribution in [0.4, 0.5) is 10.8 Å². The number of anilines is 2. The Bertz CT molecular complexity index is 1760. The highest BCUT2D eigenvalue weighted by Gasteiger charge is 2.49. The number of ether oxygens (including phenoxy) is 1. The minimum Gasteiger partial charge on any atom is -0.474 e. The molecule has 4 aliphatic rings. The van der Waals surface area contributed by atoms with Crippen molar-refractivity contribution in [2.75, 3.05) is 44.4 Å². The molecule has 1 saturated heterocycles. The lowest BCUT2D eigenvalue weighted by Crippen LogP contribution is -2.35. The predicted molar refractivity (Wildman–Crippen MR) is 160 cm³/mol. The number of nitrogens with zero attached hydrogens (tertiary/aromatic N) is 8. The Hall–Kier alpha value is -3.69. The fraction of sp³-hybridized carbons (Fsp3) is 0.567. The smallest absolute Gasteiger partial charge is 0.246 e. The van der Waals surface area contributed by atoms with Crippen LogP contribution in [-0.2, 0) is 18.3 Å². The van der Waals surface area contributed by atoms with Crippen LogP contribution in [-0.4, -0.2) is 69.6 Å². The maximum Gasteiger partial charge on any atom is 0.246 e. The van der Waals surface area contributed by atoms with E-state index in [1.165, 1.54) is 11.3 Å². The van der Waals surface area contributed by atoms with Crippen molar-refractivity contribution in [3.63, 3.8) is 0 Å². The van der Waals surface area contributed by atoms with Crippen molar-refractivity contribution in [1.29, 1.82) is 5.26 Å². The Morgan fingerprint density at radius 1 is 1.14 bits per heavy atom. The molecular formula is C30H35N9O2S. The number of aromatic nitrogens is 5. The summed E-state index contributed by atoms with van der Waals surface area (Å²) in [6, 6.07) is 2.89. The molecule has 4 aromatic heterocycles. The molecule has 2 N–H and O–H groups in total. The normalized spacial score (nSPS) is 24.3. The van der Waals surface area contributed by atoms with E-state index in [9.17, 15) is 5.26 Å². The topological polar surface area (TPSA) is 135 Å². The van der Waals surface area contributed by atoms with Gasteiger partial charge in [0, 0.05) is 23.5 Å². The minimum atomic E-state index is -0.386. The van der Waals surface area contributed by atoms with Crippen LogP contribution in [0.3, 0.4) is 0 Å². The van der Waals surface area contributed by atoms with Gasteiger partial charge in [0.15, 0.2) is 22.9 Å². The van der Waals surface area contributed by atoms with Crippen LogP contribution >= 0.6 is 11.3 Å². The van der Waals surface area contributed by atoms with E-state index < -0.39 is 0 Å². The first-order chi connectivity index (χ1) is 20.4. The molecule has 8 rings (SSSR count). The molecule has 0 amide bonds. The van der Waals surface area contributed by atoms with Crippen LogP contribution in [0, 0.1) is 11.3 Å². The zero-order valence-corrected chi connectivity index (χ0v) is 25.1. The summed E-state index contributed by atoms with van der Waals surface area (Å²) >= 11 is 1.56. The fourth-order valence-electron chi connectivity index (χ4n) is 8.07. The van der Waals surface area contributed by atoms with Crippen LogP contribution in [0.2, 0.25) is 0 Å². The standard InChI is InChI=1S/C30H35N9O2S/c1-16(19-8-6-12-37(19)2)39-28-21-27(38(3)13-14-40-29(21)35-39)33-26(34-28)23-17-7-4-10-30(24(17)41-36-23)11-5-9-20-22(30)18(15-31)25(32)42-20/h16,19H,4-14,32H2,1-3H3/t16-,19-,30-/m0/s1. The Kier molecular flexibility index (Phi) is 5.82. The number of nitrogen functional groups attached to an aromatic ring is 1. The van der Waals surface area contributed by atoms with E-state index >= 15 is 0 Å². The van der Waals surface area contributed by atoms with Crippen molar-refractivity contribution in [2.45, 2.75) is 75.8 Å². The van der Waals surface area contributed by atoms with Gasteiger partial charge in [0.05, 0.1) is 23.6 Å². The third-order valence-electron chi connectivity index (χ3n) is 10.1. The van der Waals surface area contributed by atoms with E-state index in [4.69, 9.17) is 30.1 Å². The molecule has 42 heavy (non-hydrogen) atoms. The van der Waals surface area contributed by atoms with Gasteiger partial charge in [0.25, 0.3) is 0 Å². The van der Waals surface area contributed by atoms with E-state index in [0.717, 1.165) is 85.2 Å². The highest BCUT2D eigenvalue weighted by molar-refractivity contribution is 7.16. The van der Waals surface area contributed by atoms with Crippen molar-refractivity contribution in [3.05, 3.63) is 27.3 Å². The molecule has 1 spiro atoms. The quantitative estimate of drug-likeness (QED) is 0.368. The molecule has 11 nitrogen and oxygen atoms in total. The van der Waals surface area contributed by atoms with E-state index in [-0.39, 0.29) is 11.5 Å². The second-order valence-corrected chi connectivity index (χ2v) is 13.5. The summed E-state index contributed by atoms with van der Waals surface area (Å²) in [4.78, 5) is 16.0. The van der Waals surface area contributed by atoms with Gasteiger partial charge in [-0.15, -0.1) is 16.4 Å². The molecule has 0 unspecified atom stereocenters. The van der Waals surface area contributed by atoms with E-state index in [1.54, 1.807) is 11.3 Å². The van der Waals surface area contributed by atoms with Gasteiger partial charge in [-0.3, -0.25) is 0 Å². The minimum absolute atomic E-state index is 0.112. The molecular weight excluding hydrogens is 550 g/mol. The van der Waals surface area contributed by atoms with Crippen molar-refractivity contribution in [1.82, 2.24) is 29.8 Å². The Morgan fingerprint density at radius 2 is 1.98 bits per heavy atom. The van der Waals surface area contributed by atoms with Crippen LogP contribution in [0.15, 0.2) is 4.52 Å². The van der Waals surface area contributed by atoms with Gasteiger partial charge in [-0.1, -0.05) is 5.16 Å². The maximum atomic E-state index is 10.1. The average Bonchev–Trinajstić information content (AvgIpc) is 3.75. The molecule has 3 atom stereocenters. The van der Waals surface area contributed by atoms with E-state index in [1.807, 2.05) is 11.7 Å². The van der Waals surface area contributed by atoms with Gasteiger partial charge in [-0.2, -0.15) is 5.26 Å². The Balaban J connectivity index is 1.31. The zero-order chi connectivity index (χ0) is 28.7. The number of fused-ring (bicyclic) bond motifs is 4. The van der Waals surface area contributed by atoms with Crippen LogP contribution < -0.4 is 15.4 Å². The average molecular weight is 586 g/mol. The summed E-state index contributed by atoms with van der Waals surface area (Å²) < 4.78 is 14.5. The highest BCUT2D eigenvalue weighted by atomic mass is 32.1. The molecule has 0 bridgehead atoms. The molecule has 12 heteroatoms. The summed E-state index contributed by atoms with van der Waals surface area (Å²) in [7, 11) is 4.23. The highest BCUT2D eigenvalue weighted by Crippen LogP contribution is 2.55. The van der Waals surface area contributed by atoms with Gasteiger partial charge in [-0.05, 0) is 77.4 Å². The summed E-state index contributed by atoms with van der Waals surface area (Å²) in [6.45, 7) is 4.54. The molecule has 2 aliphatic carbocycles. The third kappa shape index (κ3) is 3.53. The number of nitrogens with two attached hydrogens (primary N) is 1. The SMILES string of the molecule is C[C@@H]([C@@H]1CCCN1C)n1nc2c3c(nc(-c4noc5c4CCC[C@@]54CCCc5sc(N)c(C#N)c54)nc31)N(C)CCO2. The number of aryl methyl sites for hydroxylation is 1. The molecule has 0 radical (unpaired) electrons. The number of thiophene rings is 1. The van der Waals surface area contributed by atoms with Gasteiger partial charge >= 0.3 is 0 Å². The van der Waals surface area contributed by atoms with Crippen molar-refractivity contribution in [3.8, 4) is 23.5 Å². The van der Waals surface area contributed by atoms with Crippen molar-refractivity contribution in [2.24, 2.45) is 0 Å². The number of hydrogen-bond donors (Lipinski definition) is 1. The number of likely N-dealkylation sites (N-methyl/N-ethyl adjacent to an activating group) is 2. The number of likely N-dealkylation sites (tertiary alicyclic amines) is 1. The van der Waals surface area contributed by atoms with Gasteiger partial charge in [0.1, 0.15) is 28.9 Å². The van der Waals surface area contributed by atoms with Gasteiger partial charge in [-0.25, -0.2) is 14.6 Å². The van der Waals surface area contributed by atoms with Gasteiger partial charge in [0.2, 0.25) is 5.88 Å². The van der Waals surface area contributed by atoms with Crippen LogP contribution in [0.5, 0.6) is 5.88 Å². The van der Waals surface area contributed by atoms with Crippen LogP contribution in [0.25, 0.3) is 22.6 Å². The lowest BCUT2D eigenvalue weighted by atomic mass is 9.63. The van der Waals surface area contributed by atoms with Gasteiger partial charge < -0.3 is 24.8 Å². The molecule has 0 aromatic carbocycles. The lowest BCUT2D eigenvalue weighted by Gasteiger charge is -2.39. The number of rotatable bonds is 3. The first kappa shape index (κ1) is 26.0. The molecule has 0 saturated carbocycles.